The van der Waals surface area contributed by atoms with E-state index in [1.807, 2.05) is 6.92 Å². The number of hydrogen-bond donors (Lipinski definition) is 2. The third-order valence-electron chi connectivity index (χ3n) is 2.05. The van der Waals surface area contributed by atoms with Crippen LogP contribution in [0.3, 0.4) is 0 Å². The minimum atomic E-state index is -4.45. The fraction of sp³-hybridized carbons (Fsp3) is 1.00. The van der Waals surface area contributed by atoms with Crippen molar-refractivity contribution in [3.8, 4) is 0 Å². The second-order valence-corrected chi connectivity index (χ2v) is 4.58. The number of aliphatic hydroxyl groups is 1. The summed E-state index contributed by atoms with van der Waals surface area (Å²) in [5.41, 5.74) is 0. The molecule has 7 heteroatoms. The maximum absolute atomic E-state index is 10.2. The van der Waals surface area contributed by atoms with Crippen LogP contribution in [0.1, 0.15) is 13.3 Å². The molecule has 0 spiro atoms. The summed E-state index contributed by atoms with van der Waals surface area (Å²) in [7, 11) is -4.45. The van der Waals surface area contributed by atoms with Crippen molar-refractivity contribution in [2.45, 2.75) is 25.6 Å². The molecule has 6 nitrogen and oxygen atoms in total. The maximum atomic E-state index is 10.2. The lowest BCUT2D eigenvalue weighted by Gasteiger charge is -2.30. The molecule has 0 aromatic carbocycles. The van der Waals surface area contributed by atoms with E-state index in [-0.39, 0.29) is 12.5 Å². The summed E-state index contributed by atoms with van der Waals surface area (Å²) in [6, 6.07) is 0. The third-order valence-corrected chi connectivity index (χ3v) is 2.48. The number of ether oxygens (including phenoxy) is 1. The Hall–Kier alpha value is -0.210. The Balaban J connectivity index is 2.38. The summed E-state index contributed by atoms with van der Waals surface area (Å²) in [5, 5.41) is 9.45. The second kappa shape index (κ2) is 4.54. The van der Waals surface area contributed by atoms with Crippen molar-refractivity contribution >= 4 is 10.4 Å². The molecule has 2 N–H and O–H groups in total. The van der Waals surface area contributed by atoms with Crippen LogP contribution in [-0.2, 0) is 19.3 Å². The van der Waals surface area contributed by atoms with E-state index in [0.717, 1.165) is 0 Å². The quantitative estimate of drug-likeness (QED) is 0.635. The van der Waals surface area contributed by atoms with Gasteiger partial charge in [-0.3, -0.25) is 4.55 Å². The predicted octanol–water partition coefficient (Wildman–Crippen LogP) is -0.408. The highest BCUT2D eigenvalue weighted by molar-refractivity contribution is 7.80. The van der Waals surface area contributed by atoms with Gasteiger partial charge in [-0.05, 0) is 12.3 Å². The fourth-order valence-electron chi connectivity index (χ4n) is 1.34. The van der Waals surface area contributed by atoms with Gasteiger partial charge in [-0.25, -0.2) is 4.18 Å². The van der Waals surface area contributed by atoms with E-state index >= 15 is 0 Å². The molecular formula is C7H14O6S. The molecular weight excluding hydrogens is 212 g/mol. The van der Waals surface area contributed by atoms with Crippen LogP contribution in [0.25, 0.3) is 0 Å². The molecule has 3 atom stereocenters. The Morgan fingerprint density at radius 3 is 2.71 bits per heavy atom. The second-order valence-electron chi connectivity index (χ2n) is 3.49. The van der Waals surface area contributed by atoms with Crippen LogP contribution in [0.5, 0.6) is 0 Å². The van der Waals surface area contributed by atoms with E-state index < -0.39 is 22.6 Å². The minimum Gasteiger partial charge on any atom is -0.390 e. The molecule has 1 rings (SSSR count). The largest absolute Gasteiger partial charge is 0.397 e. The summed E-state index contributed by atoms with van der Waals surface area (Å²) >= 11 is 0. The van der Waals surface area contributed by atoms with Gasteiger partial charge in [0, 0.05) is 6.61 Å². The van der Waals surface area contributed by atoms with E-state index in [4.69, 9.17) is 9.29 Å². The summed E-state index contributed by atoms with van der Waals surface area (Å²) in [6.45, 7) is 2.02. The Morgan fingerprint density at radius 1 is 1.57 bits per heavy atom. The van der Waals surface area contributed by atoms with Crippen LogP contribution in [0, 0.1) is 5.92 Å². The van der Waals surface area contributed by atoms with Gasteiger partial charge in [-0.15, -0.1) is 0 Å². The normalized spacial score (nSPS) is 34.4. The van der Waals surface area contributed by atoms with E-state index in [9.17, 15) is 13.5 Å². The third kappa shape index (κ3) is 3.89. The standard InChI is InChI=1S/C7H14O6S/c1-5-2-6(8)7(12-3-5)4-13-14(9,10)11/h5-8H,2-4H2,1H3,(H,9,10,11). The first-order valence-corrected chi connectivity index (χ1v) is 5.66. The first-order chi connectivity index (χ1) is 6.38. The monoisotopic (exact) mass is 226 g/mol. The summed E-state index contributed by atoms with van der Waals surface area (Å²) in [5.74, 6) is 0.243. The molecule has 0 aromatic rings. The topological polar surface area (TPSA) is 93.1 Å². The lowest BCUT2D eigenvalue weighted by Crippen LogP contribution is -2.41. The van der Waals surface area contributed by atoms with Crippen molar-refractivity contribution in [1.82, 2.24) is 0 Å². The Kier molecular flexibility index (Phi) is 3.85. The molecule has 14 heavy (non-hydrogen) atoms. The number of aliphatic hydroxyl groups excluding tert-OH is 1. The molecule has 1 fully saturated rings. The van der Waals surface area contributed by atoms with Gasteiger partial charge in [0.05, 0.1) is 12.7 Å². The van der Waals surface area contributed by atoms with Crippen LogP contribution < -0.4 is 0 Å². The molecule has 0 aliphatic carbocycles. The minimum absolute atomic E-state index is 0.243. The van der Waals surface area contributed by atoms with E-state index in [2.05, 4.69) is 4.18 Å². The van der Waals surface area contributed by atoms with Crippen LogP contribution in [0.2, 0.25) is 0 Å². The Bertz CT molecular complexity index is 274. The van der Waals surface area contributed by atoms with Gasteiger partial charge < -0.3 is 9.84 Å². The van der Waals surface area contributed by atoms with Crippen LogP contribution in [0.4, 0.5) is 0 Å². The molecule has 0 aromatic heterocycles. The fourth-order valence-corrected chi connectivity index (χ4v) is 1.65. The van der Waals surface area contributed by atoms with Crippen molar-refractivity contribution in [2.24, 2.45) is 5.92 Å². The molecule has 0 saturated carbocycles. The van der Waals surface area contributed by atoms with Gasteiger partial charge in [-0.2, -0.15) is 8.42 Å². The first kappa shape index (κ1) is 11.9. The van der Waals surface area contributed by atoms with E-state index in [1.54, 1.807) is 0 Å². The van der Waals surface area contributed by atoms with E-state index in [1.165, 1.54) is 0 Å². The maximum Gasteiger partial charge on any atom is 0.397 e. The van der Waals surface area contributed by atoms with Crippen molar-refractivity contribution in [1.29, 1.82) is 0 Å². The molecule has 1 heterocycles. The predicted molar refractivity (Wildman–Crippen MR) is 47.0 cm³/mol. The lowest BCUT2D eigenvalue weighted by molar-refractivity contribution is -0.109. The zero-order valence-corrected chi connectivity index (χ0v) is 8.61. The Labute approximate surface area is 82.8 Å². The van der Waals surface area contributed by atoms with E-state index in [0.29, 0.717) is 13.0 Å². The molecule has 1 aliphatic heterocycles. The number of hydrogen-bond acceptors (Lipinski definition) is 5. The average molecular weight is 226 g/mol. The Morgan fingerprint density at radius 2 is 2.21 bits per heavy atom. The molecule has 1 saturated heterocycles. The SMILES string of the molecule is CC1COC(COS(=O)(=O)O)C(O)C1. The highest BCUT2D eigenvalue weighted by Gasteiger charge is 2.29. The number of rotatable bonds is 3. The molecule has 84 valence electrons. The lowest BCUT2D eigenvalue weighted by atomic mass is 9.98. The van der Waals surface area contributed by atoms with Crippen LogP contribution >= 0.6 is 0 Å². The van der Waals surface area contributed by atoms with Gasteiger partial charge in [-0.1, -0.05) is 6.92 Å². The van der Waals surface area contributed by atoms with Crippen molar-refractivity contribution in [2.75, 3.05) is 13.2 Å². The highest BCUT2D eigenvalue weighted by Crippen LogP contribution is 2.19. The zero-order valence-electron chi connectivity index (χ0n) is 7.79. The highest BCUT2D eigenvalue weighted by atomic mass is 32.3. The summed E-state index contributed by atoms with van der Waals surface area (Å²) in [6.07, 6.45) is -0.895. The van der Waals surface area contributed by atoms with Gasteiger partial charge in [0.1, 0.15) is 6.10 Å². The zero-order chi connectivity index (χ0) is 10.8. The molecule has 3 unspecified atom stereocenters. The summed E-state index contributed by atoms with van der Waals surface area (Å²) < 4.78 is 38.0. The van der Waals surface area contributed by atoms with Crippen LogP contribution in [0.15, 0.2) is 0 Å². The van der Waals surface area contributed by atoms with Gasteiger partial charge in [0.25, 0.3) is 0 Å². The van der Waals surface area contributed by atoms with Gasteiger partial charge in [0.15, 0.2) is 0 Å². The van der Waals surface area contributed by atoms with Crippen molar-refractivity contribution < 1.29 is 27.0 Å². The molecule has 1 aliphatic rings. The first-order valence-electron chi connectivity index (χ1n) is 4.30. The molecule has 0 amide bonds. The summed E-state index contributed by atoms with van der Waals surface area (Å²) in [4.78, 5) is 0. The van der Waals surface area contributed by atoms with Gasteiger partial charge >= 0.3 is 10.4 Å². The van der Waals surface area contributed by atoms with Crippen molar-refractivity contribution in [3.05, 3.63) is 0 Å². The average Bonchev–Trinajstić information content (AvgIpc) is 2.00. The van der Waals surface area contributed by atoms with Crippen molar-refractivity contribution in [3.63, 3.8) is 0 Å². The van der Waals surface area contributed by atoms with Gasteiger partial charge in [0.2, 0.25) is 0 Å². The molecule has 0 bridgehead atoms. The molecule has 0 radical (unpaired) electrons. The van der Waals surface area contributed by atoms with Crippen LogP contribution in [-0.4, -0.2) is 43.5 Å². The smallest absolute Gasteiger partial charge is 0.390 e.